The van der Waals surface area contributed by atoms with Crippen LogP contribution < -0.4 is 10.7 Å². The summed E-state index contributed by atoms with van der Waals surface area (Å²) in [6.07, 6.45) is 1.46. The van der Waals surface area contributed by atoms with Gasteiger partial charge in [-0.05, 0) is 29.1 Å². The minimum absolute atomic E-state index is 0.122. The van der Waals surface area contributed by atoms with Crippen LogP contribution in [0.2, 0.25) is 10.0 Å². The molecule has 0 aliphatic rings. The van der Waals surface area contributed by atoms with E-state index in [0.717, 1.165) is 4.88 Å². The number of amides is 2. The van der Waals surface area contributed by atoms with Gasteiger partial charge in [-0.2, -0.15) is 5.10 Å². The van der Waals surface area contributed by atoms with E-state index in [4.69, 9.17) is 23.2 Å². The van der Waals surface area contributed by atoms with Crippen LogP contribution in [0, 0.1) is 0 Å². The van der Waals surface area contributed by atoms with Gasteiger partial charge < -0.3 is 5.32 Å². The summed E-state index contributed by atoms with van der Waals surface area (Å²) in [4.78, 5) is 24.0. The maximum absolute atomic E-state index is 11.6. The molecule has 0 atom stereocenters. The molecule has 1 aromatic heterocycles. The second-order valence-electron chi connectivity index (χ2n) is 4.13. The van der Waals surface area contributed by atoms with E-state index in [1.165, 1.54) is 17.6 Å². The van der Waals surface area contributed by atoms with Gasteiger partial charge in [0.2, 0.25) is 0 Å². The first-order valence-corrected chi connectivity index (χ1v) is 7.78. The van der Waals surface area contributed by atoms with Gasteiger partial charge in [0.05, 0.1) is 6.21 Å². The standard InChI is InChI=1S/C14H11Cl2N3O2S/c15-10-4-3-9(12(16)6-10)7-17-13(20)14(21)19-18-8-11-2-1-5-22-11/h1-6,8H,7H2,(H,17,20)(H,19,21)/b18-8+. The molecule has 0 spiro atoms. The molecule has 5 nitrogen and oxygen atoms in total. The molecule has 0 saturated carbocycles. The first-order valence-electron chi connectivity index (χ1n) is 6.15. The average molecular weight is 356 g/mol. The van der Waals surface area contributed by atoms with E-state index in [0.29, 0.717) is 15.6 Å². The van der Waals surface area contributed by atoms with Gasteiger partial charge >= 0.3 is 11.8 Å². The number of carbonyl (C=O) groups is 2. The zero-order valence-corrected chi connectivity index (χ0v) is 13.5. The number of hydrogen-bond donors (Lipinski definition) is 2. The lowest BCUT2D eigenvalue weighted by Gasteiger charge is -2.06. The third kappa shape index (κ3) is 4.84. The lowest BCUT2D eigenvalue weighted by atomic mass is 10.2. The lowest BCUT2D eigenvalue weighted by molar-refractivity contribution is -0.139. The van der Waals surface area contributed by atoms with E-state index < -0.39 is 11.8 Å². The largest absolute Gasteiger partial charge is 0.344 e. The van der Waals surface area contributed by atoms with E-state index >= 15 is 0 Å². The van der Waals surface area contributed by atoms with Crippen molar-refractivity contribution in [1.29, 1.82) is 0 Å². The van der Waals surface area contributed by atoms with E-state index in [1.807, 2.05) is 17.5 Å². The zero-order chi connectivity index (χ0) is 15.9. The summed E-state index contributed by atoms with van der Waals surface area (Å²) in [5, 5.41) is 8.96. The Balaban J connectivity index is 1.82. The maximum Gasteiger partial charge on any atom is 0.329 e. The van der Waals surface area contributed by atoms with Gasteiger partial charge in [0.1, 0.15) is 0 Å². The third-order valence-corrected chi connectivity index (χ3v) is 3.96. The van der Waals surface area contributed by atoms with Crippen LogP contribution in [0.25, 0.3) is 0 Å². The molecule has 1 aromatic carbocycles. The van der Waals surface area contributed by atoms with Crippen LogP contribution in [-0.2, 0) is 16.1 Å². The summed E-state index contributed by atoms with van der Waals surface area (Å²) in [6.45, 7) is 0.122. The Hall–Kier alpha value is -1.89. The predicted octanol–water partition coefficient (Wildman–Crippen LogP) is 2.82. The number of nitrogens with zero attached hydrogens (tertiary/aromatic N) is 1. The van der Waals surface area contributed by atoms with Crippen molar-refractivity contribution in [2.24, 2.45) is 5.10 Å². The summed E-state index contributed by atoms with van der Waals surface area (Å²) in [5.41, 5.74) is 2.81. The van der Waals surface area contributed by atoms with E-state index in [2.05, 4.69) is 15.8 Å². The molecule has 2 amide bonds. The van der Waals surface area contributed by atoms with Gasteiger partial charge in [0.25, 0.3) is 0 Å². The van der Waals surface area contributed by atoms with Crippen molar-refractivity contribution < 1.29 is 9.59 Å². The monoisotopic (exact) mass is 355 g/mol. The topological polar surface area (TPSA) is 70.6 Å². The molecule has 2 N–H and O–H groups in total. The van der Waals surface area contributed by atoms with E-state index in [1.54, 1.807) is 18.2 Å². The highest BCUT2D eigenvalue weighted by Gasteiger charge is 2.12. The summed E-state index contributed by atoms with van der Waals surface area (Å²) in [7, 11) is 0. The number of hydrogen-bond acceptors (Lipinski definition) is 4. The quantitative estimate of drug-likeness (QED) is 0.502. The van der Waals surface area contributed by atoms with Crippen LogP contribution in [0.15, 0.2) is 40.8 Å². The highest BCUT2D eigenvalue weighted by Crippen LogP contribution is 2.20. The Kier molecular flexibility index (Phi) is 5.94. The van der Waals surface area contributed by atoms with Crippen molar-refractivity contribution in [3.8, 4) is 0 Å². The third-order valence-electron chi connectivity index (χ3n) is 2.56. The molecular weight excluding hydrogens is 345 g/mol. The first kappa shape index (κ1) is 16.5. The zero-order valence-electron chi connectivity index (χ0n) is 11.2. The molecule has 1 heterocycles. The summed E-state index contributed by atoms with van der Waals surface area (Å²) in [6, 6.07) is 8.59. The molecular formula is C14H11Cl2N3O2S. The highest BCUT2D eigenvalue weighted by atomic mass is 35.5. The molecule has 0 bridgehead atoms. The Bertz CT molecular complexity index is 702. The Morgan fingerprint density at radius 1 is 1.23 bits per heavy atom. The van der Waals surface area contributed by atoms with Crippen molar-refractivity contribution in [2.75, 3.05) is 0 Å². The van der Waals surface area contributed by atoms with E-state index in [9.17, 15) is 9.59 Å². The Labute approximate surface area is 140 Å². The van der Waals surface area contributed by atoms with Crippen molar-refractivity contribution in [3.63, 3.8) is 0 Å². The smallest absolute Gasteiger partial charge is 0.329 e. The minimum Gasteiger partial charge on any atom is -0.344 e. The molecule has 22 heavy (non-hydrogen) atoms. The van der Waals surface area contributed by atoms with Gasteiger partial charge in [0.15, 0.2) is 0 Å². The van der Waals surface area contributed by atoms with Gasteiger partial charge in [-0.25, -0.2) is 5.43 Å². The van der Waals surface area contributed by atoms with Crippen molar-refractivity contribution >= 4 is 52.6 Å². The van der Waals surface area contributed by atoms with Crippen LogP contribution >= 0.6 is 34.5 Å². The fourth-order valence-electron chi connectivity index (χ4n) is 1.49. The van der Waals surface area contributed by atoms with Gasteiger partial charge in [-0.15, -0.1) is 11.3 Å². The summed E-state index contributed by atoms with van der Waals surface area (Å²) in [5.74, 6) is -1.65. The highest BCUT2D eigenvalue weighted by molar-refractivity contribution is 7.11. The van der Waals surface area contributed by atoms with Crippen molar-refractivity contribution in [3.05, 3.63) is 56.2 Å². The molecule has 0 aliphatic carbocycles. The van der Waals surface area contributed by atoms with Gasteiger partial charge in [-0.3, -0.25) is 9.59 Å². The molecule has 0 fully saturated rings. The second kappa shape index (κ2) is 7.93. The fourth-order valence-corrected chi connectivity index (χ4v) is 2.55. The number of thiophene rings is 1. The maximum atomic E-state index is 11.6. The predicted molar refractivity (Wildman–Crippen MR) is 88.4 cm³/mol. The molecule has 0 saturated heterocycles. The molecule has 0 unspecified atom stereocenters. The summed E-state index contributed by atoms with van der Waals surface area (Å²) >= 11 is 13.2. The Morgan fingerprint density at radius 2 is 2.05 bits per heavy atom. The number of rotatable bonds is 4. The molecule has 2 aromatic rings. The first-order chi connectivity index (χ1) is 10.6. The molecule has 2 rings (SSSR count). The Morgan fingerprint density at radius 3 is 2.73 bits per heavy atom. The van der Waals surface area contributed by atoms with E-state index in [-0.39, 0.29) is 6.54 Å². The lowest BCUT2D eigenvalue weighted by Crippen LogP contribution is -2.37. The molecule has 0 radical (unpaired) electrons. The van der Waals surface area contributed by atoms with Crippen molar-refractivity contribution in [2.45, 2.75) is 6.54 Å². The van der Waals surface area contributed by atoms with Crippen molar-refractivity contribution in [1.82, 2.24) is 10.7 Å². The molecule has 114 valence electrons. The number of halogens is 2. The SMILES string of the molecule is O=C(NCc1ccc(Cl)cc1Cl)C(=O)N/N=C/c1cccs1. The van der Waals surface area contributed by atoms with Crippen LogP contribution in [0.5, 0.6) is 0 Å². The van der Waals surface area contributed by atoms with Crippen LogP contribution in [0.4, 0.5) is 0 Å². The van der Waals surface area contributed by atoms with Gasteiger partial charge in [-0.1, -0.05) is 35.3 Å². The normalized spacial score (nSPS) is 10.6. The number of nitrogens with one attached hydrogen (secondary N) is 2. The van der Waals surface area contributed by atoms with Crippen LogP contribution in [0.1, 0.15) is 10.4 Å². The van der Waals surface area contributed by atoms with Crippen LogP contribution in [0.3, 0.4) is 0 Å². The number of hydrazone groups is 1. The average Bonchev–Trinajstić information content (AvgIpc) is 2.99. The van der Waals surface area contributed by atoms with Crippen LogP contribution in [-0.4, -0.2) is 18.0 Å². The fraction of sp³-hybridized carbons (Fsp3) is 0.0714. The molecule has 0 aliphatic heterocycles. The number of carbonyl (C=O) groups excluding carboxylic acids is 2. The summed E-state index contributed by atoms with van der Waals surface area (Å²) < 4.78 is 0. The number of benzene rings is 1. The molecule has 8 heteroatoms. The van der Waals surface area contributed by atoms with Gasteiger partial charge in [0, 0.05) is 21.5 Å². The minimum atomic E-state index is -0.849. The second-order valence-corrected chi connectivity index (χ2v) is 5.96.